The van der Waals surface area contributed by atoms with Crippen LogP contribution >= 0.6 is 11.3 Å². The predicted molar refractivity (Wildman–Crippen MR) is 159 cm³/mol. The first-order valence-electron chi connectivity index (χ1n) is 13.2. The van der Waals surface area contributed by atoms with Gasteiger partial charge in [0.2, 0.25) is 5.91 Å². The molecule has 0 atom stereocenters. The van der Waals surface area contributed by atoms with Crippen LogP contribution in [0.2, 0.25) is 0 Å². The van der Waals surface area contributed by atoms with Crippen molar-refractivity contribution >= 4 is 47.0 Å². The Kier molecular flexibility index (Phi) is 8.58. The molecular weight excluding hydrogens is 543 g/mol. The number of primary amides is 1. The van der Waals surface area contributed by atoms with Crippen LogP contribution in [0.15, 0.2) is 53.9 Å². The second-order valence-electron chi connectivity index (χ2n) is 11.6. The molecule has 0 bridgehead atoms. The Morgan fingerprint density at radius 1 is 1.05 bits per heavy atom. The lowest BCUT2D eigenvalue weighted by Gasteiger charge is -2.32. The lowest BCUT2D eigenvalue weighted by atomic mass is 9.78. The highest BCUT2D eigenvalue weighted by molar-refractivity contribution is 7.14. The Balaban J connectivity index is 1.34. The number of amides is 3. The number of aromatic nitrogens is 1. The monoisotopic (exact) mass is 578 g/mol. The zero-order valence-corrected chi connectivity index (χ0v) is 24.9. The lowest BCUT2D eigenvalue weighted by molar-refractivity contribution is -0.115. The van der Waals surface area contributed by atoms with E-state index in [1.165, 1.54) is 11.3 Å². The number of carbonyl (C=O) groups is 3. The number of nitrogens with zero attached hydrogens (tertiary/aromatic N) is 1. The van der Waals surface area contributed by atoms with Gasteiger partial charge in [0, 0.05) is 21.9 Å². The maximum Gasteiger partial charge on any atom is 0.494 e. The summed E-state index contributed by atoms with van der Waals surface area (Å²) in [6.45, 7) is 11.6. The number of nitrogens with one attached hydrogen (secondary N) is 2. The fourth-order valence-electron chi connectivity index (χ4n) is 4.13. The second kappa shape index (κ2) is 11.6. The number of thiazole rings is 1. The molecular formula is C29H35BN4O6S. The molecule has 2 aromatic carbocycles. The van der Waals surface area contributed by atoms with E-state index in [1.54, 1.807) is 18.2 Å². The molecule has 0 aliphatic carbocycles. The van der Waals surface area contributed by atoms with Crippen LogP contribution in [0.1, 0.15) is 57.5 Å². The zero-order chi connectivity index (χ0) is 30.0. The summed E-state index contributed by atoms with van der Waals surface area (Å²) in [5.74, 6) is -0.815. The molecule has 0 saturated carbocycles. The normalized spacial score (nSPS) is 15.8. The van der Waals surface area contributed by atoms with E-state index in [0.29, 0.717) is 16.4 Å². The third kappa shape index (κ3) is 7.13. The van der Waals surface area contributed by atoms with E-state index in [9.17, 15) is 14.4 Å². The van der Waals surface area contributed by atoms with Crippen molar-refractivity contribution in [1.29, 1.82) is 0 Å². The number of hydrogen-bond donors (Lipinski definition) is 3. The molecule has 4 N–H and O–H groups in total. The molecule has 4 rings (SSSR count). The minimum Gasteiger partial charge on any atom is -0.449 e. The van der Waals surface area contributed by atoms with Crippen molar-refractivity contribution < 1.29 is 28.4 Å². The van der Waals surface area contributed by atoms with Gasteiger partial charge in [-0.2, -0.15) is 0 Å². The number of rotatable bonds is 9. The Bertz CT molecular complexity index is 1440. The van der Waals surface area contributed by atoms with Gasteiger partial charge in [-0.05, 0) is 50.9 Å². The van der Waals surface area contributed by atoms with E-state index in [0.717, 1.165) is 16.6 Å². The van der Waals surface area contributed by atoms with Crippen molar-refractivity contribution in [1.82, 2.24) is 10.3 Å². The van der Waals surface area contributed by atoms with Crippen LogP contribution in [0, 0.1) is 0 Å². The van der Waals surface area contributed by atoms with Gasteiger partial charge in [-0.15, -0.1) is 11.3 Å². The number of hydrogen-bond acceptors (Lipinski definition) is 8. The molecule has 216 valence electrons. The summed E-state index contributed by atoms with van der Waals surface area (Å²) >= 11 is 1.29. The van der Waals surface area contributed by atoms with Gasteiger partial charge in [0.15, 0.2) is 5.13 Å². The van der Waals surface area contributed by atoms with Gasteiger partial charge < -0.3 is 30.4 Å². The van der Waals surface area contributed by atoms with Crippen molar-refractivity contribution in [3.63, 3.8) is 0 Å². The third-order valence-electron chi connectivity index (χ3n) is 7.35. The standard InChI is InChI=1S/C29H35BN4O6S/c1-27(2,17-38-25(31)37)20-11-7-10-19(13-20)24(36)32-15-23(35)34-26-33-22(16-41-26)18-9-8-12-21(14-18)30-39-28(3,4)29(5,6)40-30/h7-14,16H,15,17H2,1-6H3,(H2,31,37)(H,32,36)(H,33,34,35). The van der Waals surface area contributed by atoms with Gasteiger partial charge in [0.1, 0.15) is 6.61 Å². The Hall–Kier alpha value is -3.74. The number of nitrogens with two attached hydrogens (primary N) is 1. The molecule has 1 aromatic heterocycles. The van der Waals surface area contributed by atoms with Gasteiger partial charge in [-0.1, -0.05) is 50.2 Å². The zero-order valence-electron chi connectivity index (χ0n) is 24.1. The SMILES string of the molecule is CC(C)(COC(N)=O)c1cccc(C(=O)NCC(=O)Nc2nc(-c3cccc(B4OC(C)(C)C(C)(C)O4)c3)cs2)c1. The molecule has 0 unspecified atom stereocenters. The van der Waals surface area contributed by atoms with Gasteiger partial charge in [0.05, 0.1) is 23.4 Å². The van der Waals surface area contributed by atoms with E-state index in [1.807, 2.05) is 77.3 Å². The van der Waals surface area contributed by atoms with E-state index in [2.05, 4.69) is 15.6 Å². The van der Waals surface area contributed by atoms with E-state index >= 15 is 0 Å². The van der Waals surface area contributed by atoms with Crippen LogP contribution in [0.5, 0.6) is 0 Å². The summed E-state index contributed by atoms with van der Waals surface area (Å²) in [6, 6.07) is 14.7. The number of anilines is 1. The molecule has 0 spiro atoms. The first-order valence-corrected chi connectivity index (χ1v) is 14.1. The smallest absolute Gasteiger partial charge is 0.449 e. The maximum atomic E-state index is 12.7. The molecule has 1 aliphatic heterocycles. The molecule has 3 aromatic rings. The van der Waals surface area contributed by atoms with E-state index < -0.39 is 41.6 Å². The summed E-state index contributed by atoms with van der Waals surface area (Å²) in [7, 11) is -0.489. The molecule has 1 fully saturated rings. The Morgan fingerprint density at radius 3 is 2.41 bits per heavy atom. The Labute approximate surface area is 244 Å². The highest BCUT2D eigenvalue weighted by Crippen LogP contribution is 2.36. The van der Waals surface area contributed by atoms with Gasteiger partial charge in [0.25, 0.3) is 5.91 Å². The van der Waals surface area contributed by atoms with Crippen molar-refractivity contribution in [2.24, 2.45) is 5.73 Å². The first-order chi connectivity index (χ1) is 19.2. The highest BCUT2D eigenvalue weighted by atomic mass is 32.1. The summed E-state index contributed by atoms with van der Waals surface area (Å²) in [4.78, 5) is 40.8. The molecule has 0 radical (unpaired) electrons. The molecule has 12 heteroatoms. The van der Waals surface area contributed by atoms with Crippen molar-refractivity contribution in [2.75, 3.05) is 18.5 Å². The first kappa shape index (κ1) is 30.2. The number of ether oxygens (including phenoxy) is 1. The fraction of sp³-hybridized carbons (Fsp3) is 0.379. The minimum absolute atomic E-state index is 0.0639. The van der Waals surface area contributed by atoms with Crippen LogP contribution in [-0.2, 0) is 24.3 Å². The predicted octanol–water partition coefficient (Wildman–Crippen LogP) is 3.85. The van der Waals surface area contributed by atoms with Crippen molar-refractivity contribution in [3.05, 3.63) is 65.0 Å². The van der Waals surface area contributed by atoms with Gasteiger partial charge in [-0.3, -0.25) is 9.59 Å². The van der Waals surface area contributed by atoms with Crippen molar-refractivity contribution in [2.45, 2.75) is 58.2 Å². The maximum absolute atomic E-state index is 12.7. The van der Waals surface area contributed by atoms with Gasteiger partial charge >= 0.3 is 13.2 Å². The second-order valence-corrected chi connectivity index (χ2v) is 12.4. The summed E-state index contributed by atoms with van der Waals surface area (Å²) in [5.41, 5.74) is 7.25. The molecule has 41 heavy (non-hydrogen) atoms. The minimum atomic E-state index is -0.861. The molecule has 10 nitrogen and oxygen atoms in total. The summed E-state index contributed by atoms with van der Waals surface area (Å²) in [6.07, 6.45) is -0.861. The van der Waals surface area contributed by atoms with Crippen LogP contribution < -0.4 is 21.8 Å². The molecule has 3 amide bonds. The quantitative estimate of drug-likeness (QED) is 0.328. The van der Waals surface area contributed by atoms with Crippen LogP contribution in [0.3, 0.4) is 0 Å². The van der Waals surface area contributed by atoms with Crippen molar-refractivity contribution in [3.8, 4) is 11.3 Å². The average molecular weight is 579 g/mol. The highest BCUT2D eigenvalue weighted by Gasteiger charge is 2.51. The fourth-order valence-corrected chi connectivity index (χ4v) is 4.87. The average Bonchev–Trinajstić information content (AvgIpc) is 3.47. The van der Waals surface area contributed by atoms with E-state index in [-0.39, 0.29) is 13.2 Å². The van der Waals surface area contributed by atoms with Crippen LogP contribution in [-0.4, -0.2) is 54.4 Å². The van der Waals surface area contributed by atoms with E-state index in [4.69, 9.17) is 19.8 Å². The summed E-state index contributed by atoms with van der Waals surface area (Å²) in [5, 5.41) is 7.64. The number of carbonyl (C=O) groups excluding carboxylic acids is 3. The van der Waals surface area contributed by atoms with Gasteiger partial charge in [-0.25, -0.2) is 9.78 Å². The van der Waals surface area contributed by atoms with Crippen LogP contribution in [0.25, 0.3) is 11.3 Å². The topological polar surface area (TPSA) is 142 Å². The van der Waals surface area contributed by atoms with Crippen LogP contribution in [0.4, 0.5) is 9.93 Å². The number of benzene rings is 2. The summed E-state index contributed by atoms with van der Waals surface area (Å²) < 4.78 is 17.3. The Morgan fingerprint density at radius 2 is 1.73 bits per heavy atom. The largest absolute Gasteiger partial charge is 0.494 e. The molecule has 1 saturated heterocycles. The third-order valence-corrected chi connectivity index (χ3v) is 8.11. The molecule has 2 heterocycles. The molecule has 1 aliphatic rings. The lowest BCUT2D eigenvalue weighted by Crippen LogP contribution is -2.41.